The van der Waals surface area contributed by atoms with Crippen LogP contribution in [0.25, 0.3) is 0 Å². The highest BCUT2D eigenvalue weighted by atomic mass is 79.9. The lowest BCUT2D eigenvalue weighted by Gasteiger charge is -2.14. The van der Waals surface area contributed by atoms with E-state index in [1.54, 1.807) is 12.1 Å². The molecule has 1 amide bonds. The molecule has 0 aromatic heterocycles. The third kappa shape index (κ3) is 3.98. The van der Waals surface area contributed by atoms with E-state index in [-0.39, 0.29) is 24.1 Å². The van der Waals surface area contributed by atoms with Crippen LogP contribution in [-0.2, 0) is 4.79 Å². The maximum atomic E-state index is 13.2. The Morgan fingerprint density at radius 3 is 2.64 bits per heavy atom. The first-order chi connectivity index (χ1) is 10.4. The van der Waals surface area contributed by atoms with Crippen molar-refractivity contribution in [2.24, 2.45) is 5.73 Å². The van der Waals surface area contributed by atoms with E-state index in [1.165, 1.54) is 6.07 Å². The summed E-state index contributed by atoms with van der Waals surface area (Å²) in [6, 6.07) is 10.2. The Balaban J connectivity index is 2.19. The minimum absolute atomic E-state index is 0.00816. The smallest absolute Gasteiger partial charge is 0.218 e. The van der Waals surface area contributed by atoms with E-state index in [4.69, 9.17) is 11.5 Å². The number of rotatable bonds is 5. The third-order valence-corrected chi connectivity index (χ3v) is 3.96. The Labute approximate surface area is 136 Å². The van der Waals surface area contributed by atoms with E-state index in [0.717, 1.165) is 11.3 Å². The predicted octanol–water partition coefficient (Wildman–Crippen LogP) is 3.89. The molecule has 2 aromatic carbocycles. The van der Waals surface area contributed by atoms with E-state index in [0.29, 0.717) is 15.8 Å². The molecule has 2 rings (SSSR count). The molecule has 2 aromatic rings. The lowest BCUT2D eigenvalue weighted by Crippen LogP contribution is -2.13. The zero-order chi connectivity index (χ0) is 16.3. The summed E-state index contributed by atoms with van der Waals surface area (Å²) in [6.07, 6.45) is 0.275. The number of nitrogens with one attached hydrogen (secondary N) is 1. The SMILES string of the molecule is C[C@H](CC(N)=O)c1ccc(Nc2ccc(F)c(Br)c2)c(N)c1. The fourth-order valence-corrected chi connectivity index (χ4v) is 2.53. The average molecular weight is 366 g/mol. The van der Waals surface area contributed by atoms with Crippen LogP contribution in [0.15, 0.2) is 40.9 Å². The van der Waals surface area contributed by atoms with Crippen molar-refractivity contribution in [1.29, 1.82) is 0 Å². The van der Waals surface area contributed by atoms with Gasteiger partial charge in [-0.05, 0) is 57.7 Å². The first-order valence-electron chi connectivity index (χ1n) is 6.76. The van der Waals surface area contributed by atoms with Gasteiger partial charge in [-0.1, -0.05) is 13.0 Å². The van der Waals surface area contributed by atoms with Crippen molar-refractivity contribution in [2.75, 3.05) is 11.1 Å². The third-order valence-electron chi connectivity index (χ3n) is 3.35. The van der Waals surface area contributed by atoms with Crippen molar-refractivity contribution in [3.05, 3.63) is 52.3 Å². The molecule has 0 fully saturated rings. The summed E-state index contributed by atoms with van der Waals surface area (Å²) < 4.78 is 13.6. The molecule has 116 valence electrons. The van der Waals surface area contributed by atoms with Gasteiger partial charge in [-0.15, -0.1) is 0 Å². The second kappa shape index (κ2) is 6.79. The van der Waals surface area contributed by atoms with Gasteiger partial charge in [-0.3, -0.25) is 4.79 Å². The summed E-state index contributed by atoms with van der Waals surface area (Å²) in [7, 11) is 0. The number of nitrogen functional groups attached to an aromatic ring is 1. The van der Waals surface area contributed by atoms with Gasteiger partial charge in [0.1, 0.15) is 5.82 Å². The number of carbonyl (C=O) groups is 1. The van der Waals surface area contributed by atoms with Crippen LogP contribution >= 0.6 is 15.9 Å². The molecule has 22 heavy (non-hydrogen) atoms. The van der Waals surface area contributed by atoms with Crippen molar-refractivity contribution in [2.45, 2.75) is 19.3 Å². The monoisotopic (exact) mass is 365 g/mol. The number of amides is 1. The number of anilines is 3. The largest absolute Gasteiger partial charge is 0.397 e. The van der Waals surface area contributed by atoms with Crippen LogP contribution in [0.1, 0.15) is 24.8 Å². The van der Waals surface area contributed by atoms with E-state index in [1.807, 2.05) is 25.1 Å². The van der Waals surface area contributed by atoms with Crippen molar-refractivity contribution < 1.29 is 9.18 Å². The molecule has 0 aliphatic carbocycles. The van der Waals surface area contributed by atoms with E-state index in [2.05, 4.69) is 21.2 Å². The van der Waals surface area contributed by atoms with Crippen molar-refractivity contribution >= 4 is 38.9 Å². The Morgan fingerprint density at radius 2 is 2.05 bits per heavy atom. The molecule has 0 saturated heterocycles. The molecule has 5 N–H and O–H groups in total. The highest BCUT2D eigenvalue weighted by Crippen LogP contribution is 2.29. The summed E-state index contributed by atoms with van der Waals surface area (Å²) >= 11 is 3.14. The maximum absolute atomic E-state index is 13.2. The molecule has 1 atom stereocenters. The normalized spacial score (nSPS) is 12.0. The Bertz CT molecular complexity index is 706. The summed E-state index contributed by atoms with van der Waals surface area (Å²) in [5.74, 6) is -0.660. The van der Waals surface area contributed by atoms with E-state index >= 15 is 0 Å². The number of hydrogen-bond donors (Lipinski definition) is 3. The minimum atomic E-state index is -0.343. The number of nitrogens with two attached hydrogens (primary N) is 2. The summed E-state index contributed by atoms with van der Waals surface area (Å²) in [5, 5.41) is 3.13. The standard InChI is InChI=1S/C16H17BrFN3O/c1-9(6-16(20)22)10-2-5-15(14(19)7-10)21-11-3-4-13(18)12(17)8-11/h2-5,7-9,21H,6,19H2,1H3,(H2,20,22)/t9-/m1/s1. The molecular formula is C16H17BrFN3O. The summed E-state index contributed by atoms with van der Waals surface area (Å²) in [5.41, 5.74) is 14.2. The van der Waals surface area contributed by atoms with Crippen molar-refractivity contribution in [1.82, 2.24) is 0 Å². The second-order valence-corrected chi connectivity index (χ2v) is 6.03. The first kappa shape index (κ1) is 16.3. The van der Waals surface area contributed by atoms with Crippen molar-refractivity contribution in [3.63, 3.8) is 0 Å². The first-order valence-corrected chi connectivity index (χ1v) is 7.56. The van der Waals surface area contributed by atoms with Gasteiger partial charge in [0, 0.05) is 12.1 Å². The molecule has 0 heterocycles. The lowest BCUT2D eigenvalue weighted by molar-refractivity contribution is -0.118. The number of hydrogen-bond acceptors (Lipinski definition) is 3. The van der Waals surface area contributed by atoms with Crippen LogP contribution in [0, 0.1) is 5.82 Å². The summed E-state index contributed by atoms with van der Waals surface area (Å²) in [6.45, 7) is 1.92. The minimum Gasteiger partial charge on any atom is -0.397 e. The zero-order valence-corrected chi connectivity index (χ0v) is 13.7. The van der Waals surface area contributed by atoms with Gasteiger partial charge in [-0.2, -0.15) is 0 Å². The lowest BCUT2D eigenvalue weighted by atomic mass is 9.96. The molecule has 0 bridgehead atoms. The zero-order valence-electron chi connectivity index (χ0n) is 12.1. The van der Waals surface area contributed by atoms with Crippen molar-refractivity contribution in [3.8, 4) is 0 Å². The Kier molecular flexibility index (Phi) is 5.03. The summed E-state index contributed by atoms with van der Waals surface area (Å²) in [4.78, 5) is 11.0. The number of primary amides is 1. The fourth-order valence-electron chi connectivity index (χ4n) is 2.15. The molecule has 0 radical (unpaired) electrons. The molecule has 4 nitrogen and oxygen atoms in total. The number of benzene rings is 2. The topological polar surface area (TPSA) is 81.1 Å². The quantitative estimate of drug-likeness (QED) is 0.702. The second-order valence-electron chi connectivity index (χ2n) is 5.17. The van der Waals surface area contributed by atoms with Crippen LogP contribution in [0.5, 0.6) is 0 Å². The van der Waals surface area contributed by atoms with Crippen LogP contribution in [0.4, 0.5) is 21.5 Å². The Morgan fingerprint density at radius 1 is 1.32 bits per heavy atom. The van der Waals surface area contributed by atoms with Gasteiger partial charge in [0.15, 0.2) is 0 Å². The number of halogens is 2. The molecule has 0 spiro atoms. The van der Waals surface area contributed by atoms with Gasteiger partial charge in [0.05, 0.1) is 15.8 Å². The van der Waals surface area contributed by atoms with Crippen LogP contribution in [-0.4, -0.2) is 5.91 Å². The number of carbonyl (C=O) groups excluding carboxylic acids is 1. The highest BCUT2D eigenvalue weighted by Gasteiger charge is 2.11. The van der Waals surface area contributed by atoms with Crippen LogP contribution in [0.3, 0.4) is 0 Å². The van der Waals surface area contributed by atoms with Gasteiger partial charge in [0.2, 0.25) is 5.91 Å². The molecule has 0 aliphatic heterocycles. The van der Waals surface area contributed by atoms with Crippen LogP contribution < -0.4 is 16.8 Å². The molecule has 0 saturated carbocycles. The van der Waals surface area contributed by atoms with Gasteiger partial charge in [0.25, 0.3) is 0 Å². The van der Waals surface area contributed by atoms with Gasteiger partial charge >= 0.3 is 0 Å². The van der Waals surface area contributed by atoms with E-state index in [9.17, 15) is 9.18 Å². The average Bonchev–Trinajstić information content (AvgIpc) is 2.44. The Hall–Kier alpha value is -2.08. The highest BCUT2D eigenvalue weighted by molar-refractivity contribution is 9.10. The maximum Gasteiger partial charge on any atom is 0.218 e. The van der Waals surface area contributed by atoms with E-state index < -0.39 is 0 Å². The molecule has 0 unspecified atom stereocenters. The molecule has 6 heteroatoms. The predicted molar refractivity (Wildman–Crippen MR) is 90.5 cm³/mol. The van der Waals surface area contributed by atoms with Gasteiger partial charge < -0.3 is 16.8 Å². The molecular weight excluding hydrogens is 349 g/mol. The molecule has 0 aliphatic rings. The van der Waals surface area contributed by atoms with Crippen LogP contribution in [0.2, 0.25) is 0 Å². The van der Waals surface area contributed by atoms with Gasteiger partial charge in [-0.25, -0.2) is 4.39 Å². The fraction of sp³-hybridized carbons (Fsp3) is 0.188.